The lowest BCUT2D eigenvalue weighted by molar-refractivity contribution is 0.184. The first-order chi connectivity index (χ1) is 24.1. The van der Waals surface area contributed by atoms with E-state index in [1.807, 2.05) is 48.5 Å². The standard InChI is InChI=1S/C38H38Cl2N6O4/c1-37-29-21-33(49-5)31(47-3)19-23(29)15-17-43(37)35(41-45(37)27-11-7-25(39)8-12-27)36-42-46(28-13-9-26(40)10-14-28)38(2)30-22-34(50-6)32(48-4)20-24(30)16-18-44(36)38/h7-14,19-22H,15-18H2,1-6H3. The Bertz CT molecular complexity index is 1910. The Morgan fingerprint density at radius 1 is 0.540 bits per heavy atom. The SMILES string of the molecule is COc1cc2c(cc1OC)C1(C)N(CC2)C(C2=NN(c3ccc(Cl)cc3)C3(C)c4cc(OC)c(OC)cc4CCN23)=NN1c1ccc(Cl)cc1. The smallest absolute Gasteiger partial charge is 0.196 e. The summed E-state index contributed by atoms with van der Waals surface area (Å²) < 4.78 is 23.1. The Kier molecular flexibility index (Phi) is 7.72. The highest BCUT2D eigenvalue weighted by molar-refractivity contribution is 6.42. The van der Waals surface area contributed by atoms with Crippen LogP contribution < -0.4 is 29.0 Å². The van der Waals surface area contributed by atoms with Crippen molar-refractivity contribution >= 4 is 46.2 Å². The summed E-state index contributed by atoms with van der Waals surface area (Å²) in [4.78, 5) is 4.73. The lowest BCUT2D eigenvalue weighted by atomic mass is 9.86. The molecule has 0 spiro atoms. The molecule has 0 bridgehead atoms. The lowest BCUT2D eigenvalue weighted by Gasteiger charge is -2.48. The molecular weight excluding hydrogens is 675 g/mol. The fraction of sp³-hybridized carbons (Fsp3) is 0.316. The quantitative estimate of drug-likeness (QED) is 0.196. The third-order valence-electron chi connectivity index (χ3n) is 10.6. The molecule has 4 aromatic carbocycles. The Balaban J connectivity index is 1.33. The van der Waals surface area contributed by atoms with Crippen molar-refractivity contribution in [3.05, 3.63) is 105 Å². The van der Waals surface area contributed by atoms with E-state index in [0.717, 1.165) is 47.0 Å². The van der Waals surface area contributed by atoms with Crippen molar-refractivity contribution in [2.45, 2.75) is 38.0 Å². The highest BCUT2D eigenvalue weighted by Crippen LogP contribution is 2.52. The molecule has 0 amide bonds. The van der Waals surface area contributed by atoms with Crippen LogP contribution in [0, 0.1) is 0 Å². The predicted octanol–water partition coefficient (Wildman–Crippen LogP) is 7.46. The maximum Gasteiger partial charge on any atom is 0.196 e. The third-order valence-corrected chi connectivity index (χ3v) is 11.1. The number of benzene rings is 4. The van der Waals surface area contributed by atoms with Gasteiger partial charge in [-0.3, -0.25) is 0 Å². The Labute approximate surface area is 302 Å². The van der Waals surface area contributed by atoms with Gasteiger partial charge in [0.1, 0.15) is 0 Å². The number of hydrogen-bond donors (Lipinski definition) is 0. The summed E-state index contributed by atoms with van der Waals surface area (Å²) in [5.41, 5.74) is 4.84. The van der Waals surface area contributed by atoms with Gasteiger partial charge in [0.25, 0.3) is 0 Å². The second-order valence-electron chi connectivity index (χ2n) is 13.0. The minimum absolute atomic E-state index is 0.656. The van der Waals surface area contributed by atoms with Gasteiger partial charge in [-0.15, -0.1) is 10.2 Å². The summed E-state index contributed by atoms with van der Waals surface area (Å²) in [5, 5.41) is 16.4. The van der Waals surface area contributed by atoms with E-state index in [1.165, 1.54) is 11.1 Å². The zero-order valence-electron chi connectivity index (χ0n) is 28.8. The predicted molar refractivity (Wildman–Crippen MR) is 197 cm³/mol. The van der Waals surface area contributed by atoms with Crippen LogP contribution >= 0.6 is 23.2 Å². The molecule has 10 nitrogen and oxygen atoms in total. The van der Waals surface area contributed by atoms with Crippen LogP contribution in [0.15, 0.2) is 83.0 Å². The molecule has 0 fully saturated rings. The van der Waals surface area contributed by atoms with E-state index >= 15 is 0 Å². The number of rotatable bonds is 7. The van der Waals surface area contributed by atoms with Crippen molar-refractivity contribution in [2.75, 3.05) is 51.5 Å². The fourth-order valence-corrected chi connectivity index (χ4v) is 8.27. The van der Waals surface area contributed by atoms with Gasteiger partial charge in [-0.2, -0.15) is 0 Å². The van der Waals surface area contributed by atoms with E-state index in [0.29, 0.717) is 46.1 Å². The van der Waals surface area contributed by atoms with E-state index in [4.69, 9.17) is 52.4 Å². The third kappa shape index (κ3) is 4.61. The number of methoxy groups -OCH3 is 4. The summed E-state index contributed by atoms with van der Waals surface area (Å²) in [6.07, 6.45) is 1.56. The van der Waals surface area contributed by atoms with E-state index in [9.17, 15) is 0 Å². The molecule has 0 N–H and O–H groups in total. The molecule has 8 rings (SSSR count). The molecule has 50 heavy (non-hydrogen) atoms. The largest absolute Gasteiger partial charge is 0.493 e. The zero-order valence-corrected chi connectivity index (χ0v) is 30.3. The van der Waals surface area contributed by atoms with Crippen LogP contribution in [0.25, 0.3) is 0 Å². The Morgan fingerprint density at radius 3 is 1.22 bits per heavy atom. The Morgan fingerprint density at radius 2 is 0.880 bits per heavy atom. The molecule has 2 unspecified atom stereocenters. The Hall–Kier alpha value is -4.80. The highest BCUT2D eigenvalue weighted by atomic mass is 35.5. The number of hydrogen-bond acceptors (Lipinski definition) is 10. The van der Waals surface area contributed by atoms with E-state index in [1.54, 1.807) is 28.4 Å². The lowest BCUT2D eigenvalue weighted by Crippen LogP contribution is -2.59. The van der Waals surface area contributed by atoms with Crippen LogP contribution in [0.2, 0.25) is 10.0 Å². The number of fused-ring (bicyclic) bond motifs is 6. The molecule has 0 radical (unpaired) electrons. The zero-order chi connectivity index (χ0) is 34.9. The summed E-state index contributed by atoms with van der Waals surface area (Å²) in [6, 6.07) is 23.9. The van der Waals surface area contributed by atoms with Gasteiger partial charge in [-0.25, -0.2) is 10.0 Å². The molecule has 4 aliphatic heterocycles. The van der Waals surface area contributed by atoms with Crippen LogP contribution in [0.3, 0.4) is 0 Å². The maximum absolute atomic E-state index is 6.38. The first kappa shape index (κ1) is 32.4. The number of anilines is 2. The van der Waals surface area contributed by atoms with Crippen LogP contribution in [-0.4, -0.2) is 63.0 Å². The number of halogens is 2. The maximum atomic E-state index is 6.38. The van der Waals surface area contributed by atoms with Gasteiger partial charge in [0.15, 0.2) is 46.0 Å². The molecule has 0 saturated heterocycles. The molecule has 4 aromatic rings. The number of amidine groups is 2. The summed E-state index contributed by atoms with van der Waals surface area (Å²) in [5.74, 6) is 4.28. The molecule has 0 aromatic heterocycles. The summed E-state index contributed by atoms with van der Waals surface area (Å²) in [6.45, 7) is 5.81. The first-order valence-electron chi connectivity index (χ1n) is 16.5. The molecule has 258 valence electrons. The highest BCUT2D eigenvalue weighted by Gasteiger charge is 2.57. The number of nitrogens with zero attached hydrogens (tertiary/aromatic N) is 6. The first-order valence-corrected chi connectivity index (χ1v) is 17.3. The van der Waals surface area contributed by atoms with Crippen molar-refractivity contribution in [2.24, 2.45) is 10.2 Å². The average Bonchev–Trinajstić information content (AvgIpc) is 3.62. The molecule has 12 heteroatoms. The van der Waals surface area contributed by atoms with E-state index < -0.39 is 11.3 Å². The van der Waals surface area contributed by atoms with Crippen molar-refractivity contribution in [3.63, 3.8) is 0 Å². The fourth-order valence-electron chi connectivity index (χ4n) is 8.02. The second kappa shape index (κ2) is 11.9. The monoisotopic (exact) mass is 712 g/mol. The van der Waals surface area contributed by atoms with E-state index in [-0.39, 0.29) is 0 Å². The average molecular weight is 714 g/mol. The molecule has 0 saturated carbocycles. The normalized spacial score (nSPS) is 21.9. The molecule has 4 heterocycles. The summed E-state index contributed by atoms with van der Waals surface area (Å²) in [7, 11) is 6.67. The van der Waals surface area contributed by atoms with Crippen molar-refractivity contribution < 1.29 is 18.9 Å². The van der Waals surface area contributed by atoms with Gasteiger partial charge < -0.3 is 28.7 Å². The summed E-state index contributed by atoms with van der Waals surface area (Å²) >= 11 is 12.8. The topological polar surface area (TPSA) is 74.6 Å². The van der Waals surface area contributed by atoms with Gasteiger partial charge in [0.2, 0.25) is 0 Å². The van der Waals surface area contributed by atoms with Crippen molar-refractivity contribution in [1.82, 2.24) is 9.80 Å². The van der Waals surface area contributed by atoms with Crippen LogP contribution in [-0.2, 0) is 24.2 Å². The second-order valence-corrected chi connectivity index (χ2v) is 13.9. The van der Waals surface area contributed by atoms with Gasteiger partial charge in [0, 0.05) is 34.3 Å². The number of hydrazone groups is 2. The van der Waals surface area contributed by atoms with Crippen molar-refractivity contribution in [1.29, 1.82) is 0 Å². The van der Waals surface area contributed by atoms with Crippen LogP contribution in [0.4, 0.5) is 11.4 Å². The minimum atomic E-state index is -0.729. The molecule has 0 aliphatic carbocycles. The van der Waals surface area contributed by atoms with Crippen LogP contribution in [0.5, 0.6) is 23.0 Å². The molecular formula is C38H38Cl2N6O4. The van der Waals surface area contributed by atoms with Gasteiger partial charge in [0.05, 0.1) is 39.8 Å². The van der Waals surface area contributed by atoms with Crippen molar-refractivity contribution in [3.8, 4) is 23.0 Å². The van der Waals surface area contributed by atoms with Gasteiger partial charge >= 0.3 is 0 Å². The van der Waals surface area contributed by atoms with Gasteiger partial charge in [-0.05, 0) is 111 Å². The number of ether oxygens (including phenoxy) is 4. The van der Waals surface area contributed by atoms with Crippen LogP contribution in [0.1, 0.15) is 36.1 Å². The molecule has 2 atom stereocenters. The molecule has 4 aliphatic rings. The van der Waals surface area contributed by atoms with E-state index in [2.05, 4.69) is 57.9 Å². The van der Waals surface area contributed by atoms with Gasteiger partial charge in [-0.1, -0.05) is 23.2 Å². The minimum Gasteiger partial charge on any atom is -0.493 e.